The van der Waals surface area contributed by atoms with Gasteiger partial charge in [0.2, 0.25) is 0 Å². The first-order valence-electron chi connectivity index (χ1n) is 5.02. The summed E-state index contributed by atoms with van der Waals surface area (Å²) >= 11 is 1.71. The van der Waals surface area contributed by atoms with Crippen LogP contribution in [0.2, 0.25) is 0 Å². The molecule has 78 valence electrons. The third-order valence-corrected chi connectivity index (χ3v) is 3.37. The minimum Gasteiger partial charge on any atom is -0.192 e. The largest absolute Gasteiger partial charge is 0.192 e. The van der Waals surface area contributed by atoms with Gasteiger partial charge >= 0.3 is 0 Å². The maximum atomic E-state index is 8.99. The van der Waals surface area contributed by atoms with Crippen molar-refractivity contribution in [3.05, 3.63) is 57.8 Å². The van der Waals surface area contributed by atoms with Crippen LogP contribution in [0.4, 0.5) is 0 Å². The molecule has 2 aromatic rings. The van der Waals surface area contributed by atoms with E-state index in [-0.39, 0.29) is 0 Å². The average Bonchev–Trinajstić information content (AvgIpc) is 2.83. The second-order valence-electron chi connectivity index (χ2n) is 3.50. The second-order valence-corrected chi connectivity index (χ2v) is 4.45. The Labute approximate surface area is 99.3 Å². The van der Waals surface area contributed by atoms with E-state index in [1.807, 2.05) is 30.3 Å². The maximum absolute atomic E-state index is 8.99. The van der Waals surface area contributed by atoms with Gasteiger partial charge in [0.1, 0.15) is 0 Å². The summed E-state index contributed by atoms with van der Waals surface area (Å²) in [5.74, 6) is 0. The highest BCUT2D eigenvalue weighted by Crippen LogP contribution is 2.23. The van der Waals surface area contributed by atoms with Crippen LogP contribution in [0.1, 0.15) is 22.9 Å². The zero-order chi connectivity index (χ0) is 11.4. The molecule has 0 amide bonds. The van der Waals surface area contributed by atoms with Crippen LogP contribution in [0.5, 0.6) is 0 Å². The summed E-state index contributed by atoms with van der Waals surface area (Å²) in [5, 5.41) is 11.0. The molecule has 2 heteroatoms. The van der Waals surface area contributed by atoms with Gasteiger partial charge < -0.3 is 0 Å². The molecule has 0 aliphatic heterocycles. The van der Waals surface area contributed by atoms with Crippen molar-refractivity contribution in [1.82, 2.24) is 0 Å². The number of allylic oxidation sites excluding steroid dienone is 1. The summed E-state index contributed by atoms with van der Waals surface area (Å²) < 4.78 is 0. The van der Waals surface area contributed by atoms with Gasteiger partial charge in [-0.1, -0.05) is 24.3 Å². The minimum absolute atomic E-state index is 0.721. The topological polar surface area (TPSA) is 23.8 Å². The molecule has 1 nitrogen and oxygen atoms in total. The molecule has 1 aromatic carbocycles. The fourth-order valence-electron chi connectivity index (χ4n) is 1.53. The summed E-state index contributed by atoms with van der Waals surface area (Å²) in [5.41, 5.74) is 2.90. The molecule has 0 unspecified atom stereocenters. The van der Waals surface area contributed by atoms with Gasteiger partial charge in [-0.2, -0.15) is 5.26 Å². The second kappa shape index (κ2) is 4.78. The third kappa shape index (κ3) is 2.21. The van der Waals surface area contributed by atoms with Crippen LogP contribution in [0.25, 0.3) is 11.6 Å². The molecule has 0 fully saturated rings. The lowest BCUT2D eigenvalue weighted by Gasteiger charge is -2.00. The summed E-state index contributed by atoms with van der Waals surface area (Å²) in [6.45, 7) is 2.07. The molecule has 0 bridgehead atoms. The van der Waals surface area contributed by atoms with E-state index in [4.69, 9.17) is 5.26 Å². The van der Waals surface area contributed by atoms with E-state index in [0.29, 0.717) is 0 Å². The zero-order valence-corrected chi connectivity index (χ0v) is 9.79. The molecule has 2 rings (SSSR count). The molecular formula is C14H11NS. The van der Waals surface area contributed by atoms with E-state index >= 15 is 0 Å². The lowest BCUT2D eigenvalue weighted by Crippen LogP contribution is -1.81. The standard InChI is InChI=1S/C14H11NS/c1-11(14-7-4-8-16-14)9-12-5-2-3-6-13(12)10-15/h2-9H,1H3/b11-9+. The smallest absolute Gasteiger partial charge is 0.0997 e. The van der Waals surface area contributed by atoms with Crippen LogP contribution in [0.3, 0.4) is 0 Å². The van der Waals surface area contributed by atoms with Crippen molar-refractivity contribution in [2.24, 2.45) is 0 Å². The lowest BCUT2D eigenvalue weighted by atomic mass is 10.1. The molecule has 1 heterocycles. The fourth-order valence-corrected chi connectivity index (χ4v) is 2.24. The predicted octanol–water partition coefficient (Wildman–Crippen LogP) is 4.18. The Morgan fingerprint density at radius 1 is 1.25 bits per heavy atom. The fraction of sp³-hybridized carbons (Fsp3) is 0.0714. The first-order chi connectivity index (χ1) is 7.81. The van der Waals surface area contributed by atoms with Gasteiger partial charge in [0.15, 0.2) is 0 Å². The molecule has 1 aromatic heterocycles. The van der Waals surface area contributed by atoms with Crippen LogP contribution < -0.4 is 0 Å². The van der Waals surface area contributed by atoms with E-state index in [1.54, 1.807) is 11.3 Å². The molecule has 0 aliphatic rings. The molecule has 0 spiro atoms. The van der Waals surface area contributed by atoms with Crippen LogP contribution in [0, 0.1) is 11.3 Å². The lowest BCUT2D eigenvalue weighted by molar-refractivity contribution is 1.47. The van der Waals surface area contributed by atoms with Gasteiger partial charge in [-0.05, 0) is 41.6 Å². The van der Waals surface area contributed by atoms with E-state index in [2.05, 4.69) is 30.5 Å². The Balaban J connectivity index is 2.40. The third-order valence-electron chi connectivity index (χ3n) is 2.36. The van der Waals surface area contributed by atoms with E-state index < -0.39 is 0 Å². The van der Waals surface area contributed by atoms with Crippen molar-refractivity contribution in [3.63, 3.8) is 0 Å². The number of benzene rings is 1. The van der Waals surface area contributed by atoms with Gasteiger partial charge in [0.25, 0.3) is 0 Å². The van der Waals surface area contributed by atoms with Crippen molar-refractivity contribution in [1.29, 1.82) is 5.26 Å². The summed E-state index contributed by atoms with van der Waals surface area (Å²) in [6.07, 6.45) is 2.06. The van der Waals surface area contributed by atoms with Crippen LogP contribution in [-0.4, -0.2) is 0 Å². The van der Waals surface area contributed by atoms with Gasteiger partial charge in [-0.3, -0.25) is 0 Å². The number of hydrogen-bond acceptors (Lipinski definition) is 2. The quantitative estimate of drug-likeness (QED) is 0.752. The van der Waals surface area contributed by atoms with Gasteiger partial charge in [0, 0.05) is 4.88 Å². The summed E-state index contributed by atoms with van der Waals surface area (Å²) in [6, 6.07) is 14.0. The van der Waals surface area contributed by atoms with Crippen molar-refractivity contribution in [2.45, 2.75) is 6.92 Å². The SMILES string of the molecule is C/C(=C\c1ccccc1C#N)c1cccs1. The van der Waals surface area contributed by atoms with Crippen molar-refractivity contribution < 1.29 is 0 Å². The number of nitriles is 1. The number of hydrogen-bond donors (Lipinski definition) is 0. The van der Waals surface area contributed by atoms with Crippen LogP contribution in [-0.2, 0) is 0 Å². The molecule has 0 saturated carbocycles. The molecule has 0 aliphatic carbocycles. The molecule has 0 N–H and O–H groups in total. The monoisotopic (exact) mass is 225 g/mol. The van der Waals surface area contributed by atoms with E-state index in [1.165, 1.54) is 10.5 Å². The normalized spacial score (nSPS) is 11.1. The average molecular weight is 225 g/mol. The first-order valence-corrected chi connectivity index (χ1v) is 5.90. The van der Waals surface area contributed by atoms with Gasteiger partial charge in [-0.25, -0.2) is 0 Å². The molecule has 0 atom stereocenters. The Bertz CT molecular complexity index is 544. The highest BCUT2D eigenvalue weighted by atomic mass is 32.1. The minimum atomic E-state index is 0.721. The number of nitrogens with zero attached hydrogens (tertiary/aromatic N) is 1. The summed E-state index contributed by atoms with van der Waals surface area (Å²) in [7, 11) is 0. The Morgan fingerprint density at radius 2 is 2.06 bits per heavy atom. The van der Waals surface area contributed by atoms with Crippen molar-refractivity contribution in [3.8, 4) is 6.07 Å². The highest BCUT2D eigenvalue weighted by molar-refractivity contribution is 7.11. The van der Waals surface area contributed by atoms with E-state index in [0.717, 1.165) is 11.1 Å². The molecular weight excluding hydrogens is 214 g/mol. The van der Waals surface area contributed by atoms with E-state index in [9.17, 15) is 0 Å². The van der Waals surface area contributed by atoms with Crippen LogP contribution >= 0.6 is 11.3 Å². The first kappa shape index (κ1) is 10.7. The number of thiophene rings is 1. The Kier molecular flexibility index (Phi) is 3.19. The predicted molar refractivity (Wildman–Crippen MR) is 69.0 cm³/mol. The highest BCUT2D eigenvalue weighted by Gasteiger charge is 2.00. The number of rotatable bonds is 2. The molecule has 0 saturated heterocycles. The zero-order valence-electron chi connectivity index (χ0n) is 8.97. The molecule has 0 radical (unpaired) electrons. The van der Waals surface area contributed by atoms with Crippen LogP contribution in [0.15, 0.2) is 41.8 Å². The maximum Gasteiger partial charge on any atom is 0.0997 e. The Morgan fingerprint density at radius 3 is 2.75 bits per heavy atom. The van der Waals surface area contributed by atoms with Gasteiger partial charge in [-0.15, -0.1) is 11.3 Å². The van der Waals surface area contributed by atoms with Crippen molar-refractivity contribution >= 4 is 23.0 Å². The van der Waals surface area contributed by atoms with Gasteiger partial charge in [0.05, 0.1) is 11.6 Å². The molecule has 16 heavy (non-hydrogen) atoms. The summed E-state index contributed by atoms with van der Waals surface area (Å²) in [4.78, 5) is 1.24. The van der Waals surface area contributed by atoms with Crippen molar-refractivity contribution in [2.75, 3.05) is 0 Å². The Hall–Kier alpha value is -1.85.